The SMILES string of the molecule is C=C(CN)CSc1nc(CCC)cc(=O)[nH]1. The number of aromatic amines is 1. The molecule has 0 saturated heterocycles. The number of H-pyrrole nitrogens is 1. The van der Waals surface area contributed by atoms with Gasteiger partial charge in [-0.1, -0.05) is 37.3 Å². The van der Waals surface area contributed by atoms with Gasteiger partial charge in [0, 0.05) is 24.1 Å². The molecule has 4 nitrogen and oxygen atoms in total. The summed E-state index contributed by atoms with van der Waals surface area (Å²) in [5.41, 5.74) is 7.12. The largest absolute Gasteiger partial charge is 0.327 e. The summed E-state index contributed by atoms with van der Waals surface area (Å²) in [5.74, 6) is 0.690. The van der Waals surface area contributed by atoms with E-state index in [1.165, 1.54) is 11.8 Å². The van der Waals surface area contributed by atoms with Crippen LogP contribution in [-0.2, 0) is 6.42 Å². The second kappa shape index (κ2) is 6.50. The molecule has 0 aliphatic carbocycles. The third kappa shape index (κ3) is 4.20. The molecule has 1 aromatic heterocycles. The zero-order chi connectivity index (χ0) is 12.0. The molecule has 0 aliphatic rings. The predicted molar refractivity (Wildman–Crippen MR) is 67.8 cm³/mol. The van der Waals surface area contributed by atoms with Crippen LogP contribution in [0.3, 0.4) is 0 Å². The number of thioether (sulfide) groups is 1. The molecule has 0 atom stereocenters. The van der Waals surface area contributed by atoms with Gasteiger partial charge in [-0.15, -0.1) is 0 Å². The molecule has 0 aromatic carbocycles. The number of aryl methyl sites for hydroxylation is 1. The highest BCUT2D eigenvalue weighted by atomic mass is 32.2. The van der Waals surface area contributed by atoms with Crippen molar-refractivity contribution in [1.82, 2.24) is 9.97 Å². The topological polar surface area (TPSA) is 71.8 Å². The standard InChI is InChI=1S/C11H17N3OS/c1-3-4-9-5-10(15)14-11(13-9)16-7-8(2)6-12/h5H,2-4,6-7,12H2,1H3,(H,13,14,15). The van der Waals surface area contributed by atoms with Crippen LogP contribution in [0.25, 0.3) is 0 Å². The van der Waals surface area contributed by atoms with E-state index in [-0.39, 0.29) is 5.56 Å². The lowest BCUT2D eigenvalue weighted by molar-refractivity contribution is 0.816. The second-order valence-corrected chi connectivity index (χ2v) is 4.50. The summed E-state index contributed by atoms with van der Waals surface area (Å²) in [6.45, 7) is 6.33. The van der Waals surface area contributed by atoms with Gasteiger partial charge in [0.1, 0.15) is 0 Å². The van der Waals surface area contributed by atoms with E-state index in [1.807, 2.05) is 0 Å². The van der Waals surface area contributed by atoms with Gasteiger partial charge >= 0.3 is 0 Å². The fraction of sp³-hybridized carbons (Fsp3) is 0.455. The van der Waals surface area contributed by atoms with E-state index in [0.29, 0.717) is 17.5 Å². The van der Waals surface area contributed by atoms with Crippen LogP contribution >= 0.6 is 11.8 Å². The van der Waals surface area contributed by atoms with Crippen molar-refractivity contribution in [2.24, 2.45) is 5.73 Å². The summed E-state index contributed by atoms with van der Waals surface area (Å²) in [4.78, 5) is 18.4. The maximum absolute atomic E-state index is 11.3. The molecule has 0 aliphatic heterocycles. The van der Waals surface area contributed by atoms with Crippen molar-refractivity contribution < 1.29 is 0 Å². The third-order valence-corrected chi connectivity index (χ3v) is 3.00. The molecule has 0 bridgehead atoms. The first-order chi connectivity index (χ1) is 7.65. The van der Waals surface area contributed by atoms with Crippen LogP contribution in [0.1, 0.15) is 19.0 Å². The number of hydrogen-bond donors (Lipinski definition) is 2. The fourth-order valence-corrected chi connectivity index (χ4v) is 1.98. The summed E-state index contributed by atoms with van der Waals surface area (Å²) in [5, 5.41) is 0.644. The van der Waals surface area contributed by atoms with Crippen molar-refractivity contribution in [3.63, 3.8) is 0 Å². The highest BCUT2D eigenvalue weighted by Gasteiger charge is 2.02. The Hall–Kier alpha value is -1.07. The molecule has 5 heteroatoms. The first-order valence-corrected chi connectivity index (χ1v) is 6.24. The van der Waals surface area contributed by atoms with Crippen LogP contribution < -0.4 is 11.3 Å². The molecule has 1 heterocycles. The lowest BCUT2D eigenvalue weighted by Crippen LogP contribution is -2.11. The average Bonchev–Trinajstić information content (AvgIpc) is 2.25. The first kappa shape index (κ1) is 13.0. The van der Waals surface area contributed by atoms with Crippen molar-refractivity contribution in [2.75, 3.05) is 12.3 Å². The molecule has 0 amide bonds. The molecule has 0 saturated carbocycles. The van der Waals surface area contributed by atoms with Gasteiger partial charge in [-0.25, -0.2) is 4.98 Å². The number of nitrogens with two attached hydrogens (primary N) is 1. The first-order valence-electron chi connectivity index (χ1n) is 5.25. The zero-order valence-corrected chi connectivity index (χ0v) is 10.3. The highest BCUT2D eigenvalue weighted by Crippen LogP contribution is 2.14. The fourth-order valence-electron chi connectivity index (χ4n) is 1.17. The van der Waals surface area contributed by atoms with E-state index < -0.39 is 0 Å². The number of nitrogens with zero attached hydrogens (tertiary/aromatic N) is 1. The second-order valence-electron chi connectivity index (χ2n) is 3.53. The molecule has 0 unspecified atom stereocenters. The van der Waals surface area contributed by atoms with Crippen LogP contribution in [-0.4, -0.2) is 22.3 Å². The van der Waals surface area contributed by atoms with E-state index in [0.717, 1.165) is 24.1 Å². The molecule has 0 radical (unpaired) electrons. The maximum Gasteiger partial charge on any atom is 0.251 e. The van der Waals surface area contributed by atoms with Crippen LogP contribution in [0, 0.1) is 0 Å². The number of hydrogen-bond acceptors (Lipinski definition) is 4. The molecule has 1 aromatic rings. The summed E-state index contributed by atoms with van der Waals surface area (Å²) in [7, 11) is 0. The van der Waals surface area contributed by atoms with Gasteiger partial charge in [-0.3, -0.25) is 4.79 Å². The van der Waals surface area contributed by atoms with E-state index in [4.69, 9.17) is 5.73 Å². The lowest BCUT2D eigenvalue weighted by atomic mass is 10.2. The van der Waals surface area contributed by atoms with Crippen LogP contribution in [0.2, 0.25) is 0 Å². The summed E-state index contributed by atoms with van der Waals surface area (Å²) < 4.78 is 0. The van der Waals surface area contributed by atoms with Crippen molar-refractivity contribution >= 4 is 11.8 Å². The Labute approximate surface area is 99.4 Å². The van der Waals surface area contributed by atoms with Gasteiger partial charge in [0.15, 0.2) is 5.16 Å². The Balaban J connectivity index is 2.72. The number of aromatic nitrogens is 2. The molecule has 88 valence electrons. The molecule has 0 spiro atoms. The van der Waals surface area contributed by atoms with Crippen LogP contribution in [0.15, 0.2) is 28.2 Å². The summed E-state index contributed by atoms with van der Waals surface area (Å²) in [6, 6.07) is 1.55. The quantitative estimate of drug-likeness (QED) is 0.446. The minimum absolute atomic E-state index is 0.0979. The monoisotopic (exact) mass is 239 g/mol. The van der Waals surface area contributed by atoms with Gasteiger partial charge in [0.2, 0.25) is 0 Å². The molecule has 1 rings (SSSR count). The number of nitrogens with one attached hydrogen (secondary N) is 1. The Kier molecular flexibility index (Phi) is 5.28. The van der Waals surface area contributed by atoms with Crippen LogP contribution in [0.4, 0.5) is 0 Å². The maximum atomic E-state index is 11.3. The molecule has 3 N–H and O–H groups in total. The predicted octanol–water partition coefficient (Wildman–Crippen LogP) is 1.33. The van der Waals surface area contributed by atoms with Gasteiger partial charge < -0.3 is 10.7 Å². The normalized spacial score (nSPS) is 10.4. The Morgan fingerprint density at radius 2 is 2.44 bits per heavy atom. The van der Waals surface area contributed by atoms with Gasteiger partial charge in [-0.05, 0) is 6.42 Å². The van der Waals surface area contributed by atoms with Crippen molar-refractivity contribution in [3.8, 4) is 0 Å². The molecular weight excluding hydrogens is 222 g/mol. The van der Waals surface area contributed by atoms with Gasteiger partial charge in [0.25, 0.3) is 5.56 Å². The lowest BCUT2D eigenvalue weighted by Gasteiger charge is -2.03. The average molecular weight is 239 g/mol. The Morgan fingerprint density at radius 3 is 3.06 bits per heavy atom. The highest BCUT2D eigenvalue weighted by molar-refractivity contribution is 7.99. The van der Waals surface area contributed by atoms with Crippen molar-refractivity contribution in [1.29, 1.82) is 0 Å². The molecule has 16 heavy (non-hydrogen) atoms. The minimum Gasteiger partial charge on any atom is -0.327 e. The van der Waals surface area contributed by atoms with E-state index in [2.05, 4.69) is 23.5 Å². The van der Waals surface area contributed by atoms with E-state index in [1.54, 1.807) is 6.07 Å². The van der Waals surface area contributed by atoms with Crippen molar-refractivity contribution in [2.45, 2.75) is 24.9 Å². The van der Waals surface area contributed by atoms with E-state index >= 15 is 0 Å². The smallest absolute Gasteiger partial charge is 0.251 e. The zero-order valence-electron chi connectivity index (χ0n) is 9.45. The third-order valence-electron chi connectivity index (χ3n) is 1.98. The molecular formula is C11H17N3OS. The minimum atomic E-state index is -0.0979. The van der Waals surface area contributed by atoms with Crippen molar-refractivity contribution in [3.05, 3.63) is 34.3 Å². The van der Waals surface area contributed by atoms with E-state index in [9.17, 15) is 4.79 Å². The Bertz CT molecular complexity index is 414. The van der Waals surface area contributed by atoms with Gasteiger partial charge in [-0.2, -0.15) is 0 Å². The summed E-state index contributed by atoms with van der Waals surface area (Å²) >= 11 is 1.46. The van der Waals surface area contributed by atoms with Gasteiger partial charge in [0.05, 0.1) is 0 Å². The summed E-state index contributed by atoms with van der Waals surface area (Å²) in [6.07, 6.45) is 1.81. The van der Waals surface area contributed by atoms with Crippen LogP contribution in [0.5, 0.6) is 0 Å². The molecule has 0 fully saturated rings. The number of rotatable bonds is 6. The Morgan fingerprint density at radius 1 is 1.69 bits per heavy atom.